The number of carbonyl (C=O) groups excluding carboxylic acids is 2. The van der Waals surface area contributed by atoms with Crippen LogP contribution in [0.15, 0.2) is 53.5 Å². The van der Waals surface area contributed by atoms with Crippen LogP contribution >= 0.6 is 23.4 Å². The summed E-state index contributed by atoms with van der Waals surface area (Å²) in [6.45, 7) is 0. The zero-order valence-corrected chi connectivity index (χ0v) is 16.2. The Balaban J connectivity index is 1.95. The van der Waals surface area contributed by atoms with Crippen LogP contribution in [0.2, 0.25) is 5.02 Å². The van der Waals surface area contributed by atoms with Gasteiger partial charge in [-0.2, -0.15) is 4.99 Å². The number of anilines is 1. The Bertz CT molecular complexity index is 944. The molecule has 0 spiro atoms. The lowest BCUT2D eigenvalue weighted by atomic mass is 10.2. The van der Waals surface area contributed by atoms with Gasteiger partial charge in [0.05, 0.1) is 19.2 Å². The number of aliphatic imine (C=N–C) groups is 1. The molecule has 144 valence electrons. The number of carboxylic acids is 1. The maximum atomic E-state index is 12.7. The molecular weight excluding hydrogens is 404 g/mol. The second-order valence-corrected chi connectivity index (χ2v) is 7.39. The minimum absolute atomic E-state index is 0.124. The lowest BCUT2D eigenvalue weighted by molar-refractivity contribution is -0.138. The molecule has 0 bridgehead atoms. The smallest absolute Gasteiger partial charge is 0.305 e. The summed E-state index contributed by atoms with van der Waals surface area (Å²) in [5, 5.41) is 8.80. The van der Waals surface area contributed by atoms with Crippen LogP contribution in [0.25, 0.3) is 0 Å². The van der Waals surface area contributed by atoms with E-state index in [1.807, 2.05) is 0 Å². The number of nitrogens with zero attached hydrogens (tertiary/aromatic N) is 2. The van der Waals surface area contributed by atoms with Gasteiger partial charge in [-0.25, -0.2) is 0 Å². The van der Waals surface area contributed by atoms with Crippen LogP contribution < -0.4 is 9.64 Å². The Morgan fingerprint density at radius 1 is 1.18 bits per heavy atom. The summed E-state index contributed by atoms with van der Waals surface area (Å²) in [4.78, 5) is 41.7. The van der Waals surface area contributed by atoms with E-state index in [0.29, 0.717) is 22.0 Å². The molecule has 7 nitrogen and oxygen atoms in total. The second kappa shape index (κ2) is 8.45. The van der Waals surface area contributed by atoms with Gasteiger partial charge in [-0.1, -0.05) is 23.4 Å². The first kappa shape index (κ1) is 19.9. The van der Waals surface area contributed by atoms with Gasteiger partial charge in [0.1, 0.15) is 11.0 Å². The highest BCUT2D eigenvalue weighted by molar-refractivity contribution is 8.16. The predicted molar refractivity (Wildman–Crippen MR) is 107 cm³/mol. The number of ether oxygens (including phenoxy) is 1. The molecule has 1 N–H and O–H groups in total. The number of halogens is 1. The molecule has 1 saturated heterocycles. The minimum Gasteiger partial charge on any atom is -0.497 e. The largest absolute Gasteiger partial charge is 0.497 e. The summed E-state index contributed by atoms with van der Waals surface area (Å²) in [6.07, 6.45) is -0.372. The first-order chi connectivity index (χ1) is 13.4. The van der Waals surface area contributed by atoms with Crippen molar-refractivity contribution in [2.24, 2.45) is 4.99 Å². The Morgan fingerprint density at radius 3 is 2.39 bits per heavy atom. The zero-order valence-electron chi connectivity index (χ0n) is 14.7. The van der Waals surface area contributed by atoms with Gasteiger partial charge >= 0.3 is 5.97 Å². The number of amidine groups is 1. The first-order valence-electron chi connectivity index (χ1n) is 8.14. The second-order valence-electron chi connectivity index (χ2n) is 5.78. The van der Waals surface area contributed by atoms with E-state index in [0.717, 1.165) is 11.8 Å². The zero-order chi connectivity index (χ0) is 20.3. The van der Waals surface area contributed by atoms with Crippen molar-refractivity contribution in [1.29, 1.82) is 0 Å². The van der Waals surface area contributed by atoms with Crippen molar-refractivity contribution in [2.45, 2.75) is 11.7 Å². The van der Waals surface area contributed by atoms with Gasteiger partial charge in [-0.3, -0.25) is 19.3 Å². The molecule has 3 rings (SSSR count). The SMILES string of the molecule is COc1ccc(C(=O)N=C2SC(CC(=O)O)C(=O)N2c2ccc(Cl)cc2)cc1. The third-order valence-electron chi connectivity index (χ3n) is 3.91. The quantitative estimate of drug-likeness (QED) is 0.798. The van der Waals surface area contributed by atoms with Crippen LogP contribution in [-0.4, -0.2) is 40.4 Å². The number of hydrogen-bond donors (Lipinski definition) is 1. The Hall–Kier alpha value is -2.84. The highest BCUT2D eigenvalue weighted by Crippen LogP contribution is 2.34. The topological polar surface area (TPSA) is 96.3 Å². The lowest BCUT2D eigenvalue weighted by Crippen LogP contribution is -2.33. The summed E-state index contributed by atoms with van der Waals surface area (Å²) in [5.41, 5.74) is 0.773. The van der Waals surface area contributed by atoms with E-state index in [2.05, 4.69) is 4.99 Å². The van der Waals surface area contributed by atoms with Crippen molar-refractivity contribution in [2.75, 3.05) is 12.0 Å². The summed E-state index contributed by atoms with van der Waals surface area (Å²) in [6, 6.07) is 12.8. The molecule has 2 aromatic rings. The van der Waals surface area contributed by atoms with E-state index < -0.39 is 23.0 Å². The van der Waals surface area contributed by atoms with Gasteiger partial charge in [0.2, 0.25) is 5.91 Å². The average molecular weight is 419 g/mol. The van der Waals surface area contributed by atoms with Gasteiger partial charge < -0.3 is 9.84 Å². The normalized spacial score (nSPS) is 17.8. The van der Waals surface area contributed by atoms with Crippen molar-refractivity contribution in [3.05, 3.63) is 59.1 Å². The maximum Gasteiger partial charge on any atom is 0.305 e. The Morgan fingerprint density at radius 2 is 1.82 bits per heavy atom. The molecule has 28 heavy (non-hydrogen) atoms. The predicted octanol–water partition coefficient (Wildman–Crippen LogP) is 3.47. The third kappa shape index (κ3) is 4.35. The fourth-order valence-electron chi connectivity index (χ4n) is 2.55. The molecule has 1 aliphatic rings. The van der Waals surface area contributed by atoms with E-state index in [4.69, 9.17) is 21.4 Å². The van der Waals surface area contributed by atoms with Crippen molar-refractivity contribution in [1.82, 2.24) is 0 Å². The van der Waals surface area contributed by atoms with Crippen LogP contribution in [0.1, 0.15) is 16.8 Å². The first-order valence-corrected chi connectivity index (χ1v) is 9.40. The number of amides is 2. The third-order valence-corrected chi connectivity index (χ3v) is 5.30. The molecule has 0 aromatic heterocycles. The summed E-state index contributed by atoms with van der Waals surface area (Å²) in [7, 11) is 1.52. The molecule has 2 aromatic carbocycles. The van der Waals surface area contributed by atoms with Gasteiger partial charge in [0.15, 0.2) is 5.17 Å². The number of hydrogen-bond acceptors (Lipinski definition) is 5. The van der Waals surface area contributed by atoms with Crippen LogP contribution in [0.3, 0.4) is 0 Å². The molecule has 1 unspecified atom stereocenters. The van der Waals surface area contributed by atoms with Crippen LogP contribution in [-0.2, 0) is 9.59 Å². The maximum absolute atomic E-state index is 12.7. The van der Waals surface area contributed by atoms with Crippen molar-refractivity contribution in [3.8, 4) is 5.75 Å². The molecule has 0 aliphatic carbocycles. The van der Waals surface area contributed by atoms with Crippen molar-refractivity contribution < 1.29 is 24.2 Å². The monoisotopic (exact) mass is 418 g/mol. The molecule has 2 amide bonds. The summed E-state index contributed by atoms with van der Waals surface area (Å²) < 4.78 is 5.06. The fourth-order valence-corrected chi connectivity index (χ4v) is 3.79. The molecule has 0 radical (unpaired) electrons. The lowest BCUT2D eigenvalue weighted by Gasteiger charge is -2.16. The molecule has 1 aliphatic heterocycles. The molecule has 9 heteroatoms. The number of carbonyl (C=O) groups is 3. The van der Waals surface area contributed by atoms with Crippen molar-refractivity contribution >= 4 is 52.0 Å². The molecular formula is C19H15ClN2O5S. The van der Waals surface area contributed by atoms with Crippen molar-refractivity contribution in [3.63, 3.8) is 0 Å². The van der Waals surface area contributed by atoms with E-state index in [1.165, 1.54) is 12.0 Å². The minimum atomic E-state index is -1.11. The fraction of sp³-hybridized carbons (Fsp3) is 0.158. The standard InChI is InChI=1S/C19H15ClN2O5S/c1-27-14-8-2-11(3-9-14)17(25)21-19-22(13-6-4-12(20)5-7-13)18(26)15(28-19)10-16(23)24/h2-9,15H,10H2,1H3,(H,23,24). The number of methoxy groups -OCH3 is 1. The van der Waals surface area contributed by atoms with Crippen LogP contribution in [0.5, 0.6) is 5.75 Å². The van der Waals surface area contributed by atoms with Crippen LogP contribution in [0, 0.1) is 0 Å². The van der Waals surface area contributed by atoms with Gasteiger partial charge in [0.25, 0.3) is 5.91 Å². The summed E-state index contributed by atoms with van der Waals surface area (Å²) >= 11 is 6.85. The highest BCUT2D eigenvalue weighted by Gasteiger charge is 2.40. The number of aliphatic carboxylic acids is 1. The number of thioether (sulfide) groups is 1. The van der Waals surface area contributed by atoms with E-state index in [1.54, 1.807) is 48.5 Å². The number of rotatable bonds is 5. The summed E-state index contributed by atoms with van der Waals surface area (Å²) in [5.74, 6) is -1.51. The van der Waals surface area contributed by atoms with Gasteiger partial charge in [-0.05, 0) is 48.5 Å². The van der Waals surface area contributed by atoms with E-state index in [-0.39, 0.29) is 11.6 Å². The van der Waals surface area contributed by atoms with Crippen LogP contribution in [0.4, 0.5) is 5.69 Å². The average Bonchev–Trinajstić information content (AvgIpc) is 2.97. The molecule has 1 atom stereocenters. The van der Waals surface area contributed by atoms with Gasteiger partial charge in [0, 0.05) is 10.6 Å². The molecule has 1 heterocycles. The van der Waals surface area contributed by atoms with Gasteiger partial charge in [-0.15, -0.1) is 0 Å². The van der Waals surface area contributed by atoms with E-state index in [9.17, 15) is 14.4 Å². The Kier molecular flexibility index (Phi) is 6.01. The highest BCUT2D eigenvalue weighted by atomic mass is 35.5. The molecule has 1 fully saturated rings. The number of carboxylic acid groups (broad SMARTS) is 1. The molecule has 0 saturated carbocycles. The Labute approximate surface area is 170 Å². The van der Waals surface area contributed by atoms with E-state index >= 15 is 0 Å². The number of benzene rings is 2.